The summed E-state index contributed by atoms with van der Waals surface area (Å²) in [4.78, 5) is 14.1. The summed E-state index contributed by atoms with van der Waals surface area (Å²) in [6.07, 6.45) is -3.18. The molecule has 2 saturated heterocycles. The molecule has 1 aromatic heterocycles. The highest BCUT2D eigenvalue weighted by molar-refractivity contribution is 7.89. The predicted molar refractivity (Wildman–Crippen MR) is 107 cm³/mol. The molecule has 2 N–H and O–H groups in total. The third-order valence-electron chi connectivity index (χ3n) is 5.20. The van der Waals surface area contributed by atoms with E-state index in [-0.39, 0.29) is 11.4 Å². The Bertz CT molecular complexity index is 820. The molecule has 0 saturated carbocycles. The van der Waals surface area contributed by atoms with Crippen molar-refractivity contribution < 1.29 is 36.2 Å². The standard InChI is InChI=1S/C16H26N2O3S2.C2HF3O2/c1-3-23(19,20)17-8-6-14-7-9-21-16(14)11-18(12-16)10-15-5-4-13(2)22-15;3-2(4,5)1(6)7/h4-5,14,17H,3,6-12H2,1-2H3;(H,6,7). The molecule has 172 valence electrons. The van der Waals surface area contributed by atoms with E-state index in [0.717, 1.165) is 39.1 Å². The van der Waals surface area contributed by atoms with Gasteiger partial charge in [0.1, 0.15) is 0 Å². The zero-order valence-corrected chi connectivity index (χ0v) is 18.5. The van der Waals surface area contributed by atoms with Crippen LogP contribution in [0.2, 0.25) is 0 Å². The lowest BCUT2D eigenvalue weighted by Crippen LogP contribution is -2.64. The lowest BCUT2D eigenvalue weighted by molar-refractivity contribution is -0.192. The second-order valence-corrected chi connectivity index (χ2v) is 10.9. The molecule has 0 amide bonds. The van der Waals surface area contributed by atoms with Gasteiger partial charge in [0.05, 0.1) is 11.4 Å². The molecule has 1 unspecified atom stereocenters. The number of aliphatic carboxylic acids is 1. The second-order valence-electron chi connectivity index (χ2n) is 7.45. The fourth-order valence-electron chi connectivity index (χ4n) is 3.65. The number of carboxylic acids is 1. The molecule has 0 aliphatic carbocycles. The minimum absolute atomic E-state index is 0.0377. The minimum Gasteiger partial charge on any atom is -0.475 e. The second kappa shape index (κ2) is 9.94. The van der Waals surface area contributed by atoms with Crippen LogP contribution < -0.4 is 4.72 Å². The third-order valence-corrected chi connectivity index (χ3v) is 7.58. The lowest BCUT2D eigenvalue weighted by Gasteiger charge is -2.50. The van der Waals surface area contributed by atoms with Gasteiger partial charge in [0.15, 0.2) is 0 Å². The molecule has 30 heavy (non-hydrogen) atoms. The number of likely N-dealkylation sites (tertiary alicyclic amines) is 1. The number of nitrogens with zero attached hydrogens (tertiary/aromatic N) is 1. The number of carbonyl (C=O) groups is 1. The number of thiophene rings is 1. The topological polar surface area (TPSA) is 95.9 Å². The first-order valence-corrected chi connectivity index (χ1v) is 12.0. The Morgan fingerprint density at radius 2 is 2.03 bits per heavy atom. The van der Waals surface area contributed by atoms with E-state index in [4.69, 9.17) is 14.6 Å². The van der Waals surface area contributed by atoms with Crippen molar-refractivity contribution in [2.45, 2.75) is 45.0 Å². The number of hydrogen-bond acceptors (Lipinski definition) is 6. The Morgan fingerprint density at radius 1 is 1.40 bits per heavy atom. The van der Waals surface area contributed by atoms with Crippen molar-refractivity contribution >= 4 is 27.3 Å². The maximum Gasteiger partial charge on any atom is 0.490 e. The maximum atomic E-state index is 11.5. The van der Waals surface area contributed by atoms with Crippen molar-refractivity contribution in [3.8, 4) is 0 Å². The molecular formula is C18H27F3N2O5S2. The van der Waals surface area contributed by atoms with E-state index < -0.39 is 22.2 Å². The predicted octanol–water partition coefficient (Wildman–Crippen LogP) is 2.61. The molecule has 7 nitrogen and oxygen atoms in total. The van der Waals surface area contributed by atoms with Crippen LogP contribution in [0.25, 0.3) is 0 Å². The number of hydrogen-bond donors (Lipinski definition) is 2. The van der Waals surface area contributed by atoms with Gasteiger partial charge >= 0.3 is 12.1 Å². The van der Waals surface area contributed by atoms with E-state index in [0.29, 0.717) is 12.5 Å². The summed E-state index contributed by atoms with van der Waals surface area (Å²) >= 11 is 1.86. The fraction of sp³-hybridized carbons (Fsp3) is 0.722. The van der Waals surface area contributed by atoms with Gasteiger partial charge < -0.3 is 9.84 Å². The van der Waals surface area contributed by atoms with Crippen molar-refractivity contribution in [3.63, 3.8) is 0 Å². The largest absolute Gasteiger partial charge is 0.490 e. The maximum absolute atomic E-state index is 11.5. The number of halogens is 3. The minimum atomic E-state index is -5.08. The number of ether oxygens (including phenoxy) is 1. The van der Waals surface area contributed by atoms with Crippen LogP contribution in [0, 0.1) is 12.8 Å². The van der Waals surface area contributed by atoms with Crippen molar-refractivity contribution in [1.29, 1.82) is 0 Å². The van der Waals surface area contributed by atoms with E-state index >= 15 is 0 Å². The third kappa shape index (κ3) is 6.91. The molecule has 2 aliphatic rings. The first-order chi connectivity index (χ1) is 13.9. The summed E-state index contributed by atoms with van der Waals surface area (Å²) < 4.78 is 63.5. The quantitative estimate of drug-likeness (QED) is 0.634. The highest BCUT2D eigenvalue weighted by Gasteiger charge is 2.52. The summed E-state index contributed by atoms with van der Waals surface area (Å²) in [6.45, 7) is 8.06. The molecule has 2 aliphatic heterocycles. The smallest absolute Gasteiger partial charge is 0.475 e. The Balaban J connectivity index is 0.000000396. The van der Waals surface area contributed by atoms with Crippen molar-refractivity contribution in [3.05, 3.63) is 21.9 Å². The van der Waals surface area contributed by atoms with Crippen LogP contribution in [0.3, 0.4) is 0 Å². The molecule has 0 radical (unpaired) electrons. The Morgan fingerprint density at radius 3 is 2.53 bits per heavy atom. The van der Waals surface area contributed by atoms with Gasteiger partial charge in [0, 0.05) is 42.5 Å². The Labute approximate surface area is 178 Å². The van der Waals surface area contributed by atoms with Crippen LogP contribution in [0.1, 0.15) is 29.5 Å². The van der Waals surface area contributed by atoms with Gasteiger partial charge in [-0.05, 0) is 44.7 Å². The van der Waals surface area contributed by atoms with Crippen LogP contribution >= 0.6 is 11.3 Å². The van der Waals surface area contributed by atoms with E-state index in [1.807, 2.05) is 11.3 Å². The van der Waals surface area contributed by atoms with Gasteiger partial charge in [-0.15, -0.1) is 11.3 Å². The monoisotopic (exact) mass is 472 g/mol. The average Bonchev–Trinajstić information content (AvgIpc) is 3.21. The summed E-state index contributed by atoms with van der Waals surface area (Å²) in [5.74, 6) is -2.15. The molecule has 0 aromatic carbocycles. The molecule has 1 aromatic rings. The fourth-order valence-corrected chi connectivity index (χ4v) is 5.21. The number of carboxylic acid groups (broad SMARTS) is 1. The highest BCUT2D eigenvalue weighted by Crippen LogP contribution is 2.42. The number of nitrogens with one attached hydrogen (secondary N) is 1. The molecule has 12 heteroatoms. The Kier molecular flexibility index (Phi) is 8.30. The van der Waals surface area contributed by atoms with Crippen LogP contribution in [0.5, 0.6) is 0 Å². The van der Waals surface area contributed by atoms with E-state index in [1.54, 1.807) is 6.92 Å². The summed E-state index contributed by atoms with van der Waals surface area (Å²) in [5.41, 5.74) is -0.0377. The van der Waals surface area contributed by atoms with Crippen molar-refractivity contribution in [2.24, 2.45) is 5.92 Å². The number of alkyl halides is 3. The van der Waals surface area contributed by atoms with Gasteiger partial charge in [-0.1, -0.05) is 0 Å². The van der Waals surface area contributed by atoms with Crippen LogP contribution in [-0.4, -0.2) is 68.2 Å². The lowest BCUT2D eigenvalue weighted by atomic mass is 9.79. The average molecular weight is 473 g/mol. The molecule has 3 rings (SSSR count). The number of rotatable bonds is 7. The van der Waals surface area contributed by atoms with Crippen LogP contribution in [0.4, 0.5) is 13.2 Å². The first-order valence-electron chi connectivity index (χ1n) is 9.56. The summed E-state index contributed by atoms with van der Waals surface area (Å²) in [6, 6.07) is 4.38. The zero-order valence-electron chi connectivity index (χ0n) is 16.9. The van der Waals surface area contributed by atoms with E-state index in [9.17, 15) is 21.6 Å². The van der Waals surface area contributed by atoms with E-state index in [1.165, 1.54) is 9.75 Å². The van der Waals surface area contributed by atoms with Gasteiger partial charge in [-0.3, -0.25) is 4.90 Å². The molecule has 0 bridgehead atoms. The normalized spacial score (nSPS) is 21.2. The Hall–Kier alpha value is -1.21. The first kappa shape index (κ1) is 25.1. The van der Waals surface area contributed by atoms with E-state index in [2.05, 4.69) is 28.7 Å². The molecule has 2 fully saturated rings. The van der Waals surface area contributed by atoms with Gasteiger partial charge in [-0.25, -0.2) is 17.9 Å². The number of sulfonamides is 1. The van der Waals surface area contributed by atoms with Gasteiger partial charge in [0.25, 0.3) is 0 Å². The number of aryl methyl sites for hydroxylation is 1. The molecule has 1 spiro atoms. The van der Waals surface area contributed by atoms with Crippen molar-refractivity contribution in [1.82, 2.24) is 9.62 Å². The molecule has 3 heterocycles. The van der Waals surface area contributed by atoms with Crippen LogP contribution in [0.15, 0.2) is 12.1 Å². The SMILES string of the molecule is CCS(=O)(=O)NCCC1CCOC12CN(Cc1ccc(C)s1)C2.O=C(O)C(F)(F)F. The summed E-state index contributed by atoms with van der Waals surface area (Å²) in [5, 5.41) is 7.12. The van der Waals surface area contributed by atoms with Crippen LogP contribution in [-0.2, 0) is 26.1 Å². The summed E-state index contributed by atoms with van der Waals surface area (Å²) in [7, 11) is -3.09. The van der Waals surface area contributed by atoms with Gasteiger partial charge in [-0.2, -0.15) is 13.2 Å². The zero-order chi connectivity index (χ0) is 22.6. The van der Waals surface area contributed by atoms with Crippen molar-refractivity contribution in [2.75, 3.05) is 32.0 Å². The molecule has 1 atom stereocenters. The van der Waals surface area contributed by atoms with Gasteiger partial charge in [0.2, 0.25) is 10.0 Å². The highest BCUT2D eigenvalue weighted by atomic mass is 32.2. The molecular weight excluding hydrogens is 445 g/mol.